The van der Waals surface area contributed by atoms with Gasteiger partial charge in [-0.1, -0.05) is 30.3 Å². The second kappa shape index (κ2) is 12.4. The molecule has 1 fully saturated rings. The fourth-order valence-corrected chi connectivity index (χ4v) is 4.26. The molecule has 1 aliphatic rings. The number of ether oxygens (including phenoxy) is 2. The smallest absolute Gasteiger partial charge is 0.484 e. The third-order valence-corrected chi connectivity index (χ3v) is 6.27. The van der Waals surface area contributed by atoms with E-state index in [1.165, 1.54) is 35.2 Å². The summed E-state index contributed by atoms with van der Waals surface area (Å²) >= 11 is 0. The van der Waals surface area contributed by atoms with E-state index in [2.05, 4.69) is 4.74 Å². The quantitative estimate of drug-likeness (QED) is 0.283. The van der Waals surface area contributed by atoms with Gasteiger partial charge in [-0.3, -0.25) is 19.8 Å². The van der Waals surface area contributed by atoms with Crippen LogP contribution in [0.15, 0.2) is 72.8 Å². The highest BCUT2D eigenvalue weighted by molar-refractivity contribution is 5.97. The van der Waals surface area contributed by atoms with Gasteiger partial charge in [-0.15, -0.1) is 13.2 Å². The van der Waals surface area contributed by atoms with Crippen LogP contribution in [0.3, 0.4) is 0 Å². The Labute approximate surface area is 232 Å². The molecule has 216 valence electrons. The number of para-hydroxylation sites is 1. The van der Waals surface area contributed by atoms with E-state index in [-0.39, 0.29) is 31.0 Å². The van der Waals surface area contributed by atoms with Crippen LogP contribution in [0.2, 0.25) is 0 Å². The van der Waals surface area contributed by atoms with Gasteiger partial charge < -0.3 is 24.4 Å². The van der Waals surface area contributed by atoms with Gasteiger partial charge in [-0.05, 0) is 42.0 Å². The monoisotopic (exact) mass is 574 g/mol. The maximum Gasteiger partial charge on any atom is 0.573 e. The zero-order chi connectivity index (χ0) is 29.6. The fraction of sp³-hybridized carbons (Fsp3) is 0.259. The molecular formula is C27H25F3N4O7. The molecule has 2 amide bonds. The minimum absolute atomic E-state index is 0.0505. The number of rotatable bonds is 9. The van der Waals surface area contributed by atoms with Crippen molar-refractivity contribution in [3.8, 4) is 11.5 Å². The lowest BCUT2D eigenvalue weighted by molar-refractivity contribution is -0.384. The highest BCUT2D eigenvalue weighted by Crippen LogP contribution is 2.35. The first-order chi connectivity index (χ1) is 19.5. The summed E-state index contributed by atoms with van der Waals surface area (Å²) in [7, 11) is 0. The number of halogens is 3. The van der Waals surface area contributed by atoms with Crippen molar-refractivity contribution in [3.63, 3.8) is 0 Å². The summed E-state index contributed by atoms with van der Waals surface area (Å²) in [5, 5.41) is 21.2. The van der Waals surface area contributed by atoms with Crippen LogP contribution in [-0.2, 0) is 11.3 Å². The molecular weight excluding hydrogens is 549 g/mol. The first-order valence-electron chi connectivity index (χ1n) is 12.3. The van der Waals surface area contributed by atoms with Crippen molar-refractivity contribution < 1.29 is 42.3 Å². The molecule has 1 saturated heterocycles. The summed E-state index contributed by atoms with van der Waals surface area (Å²) in [6.07, 6.45) is -5.93. The Bertz CT molecular complexity index is 1380. The topological polar surface area (TPSA) is 126 Å². The van der Waals surface area contributed by atoms with Gasteiger partial charge in [-0.2, -0.15) is 0 Å². The van der Waals surface area contributed by atoms with Crippen molar-refractivity contribution in [1.29, 1.82) is 0 Å². The number of nitrogens with zero attached hydrogens (tertiary/aromatic N) is 4. The lowest BCUT2D eigenvalue weighted by Gasteiger charge is -2.35. The standard InChI is InChI=1S/C27H25F3N4O7/c28-27(29,30)41-22-9-6-19(7-10-22)17-33(25(35)18-40-21-4-2-1-3-5-21)24-16-20(8-11-23(24)34(38)39)31-12-14-32(15-13-31)26(36)37/h1-11,16H,12-15,17-18H2,(H,36,37). The summed E-state index contributed by atoms with van der Waals surface area (Å²) in [6, 6.07) is 17.5. The van der Waals surface area contributed by atoms with Crippen molar-refractivity contribution in [2.24, 2.45) is 0 Å². The molecule has 0 bridgehead atoms. The number of amides is 2. The van der Waals surface area contributed by atoms with Crippen LogP contribution in [0.25, 0.3) is 0 Å². The highest BCUT2D eigenvalue weighted by Gasteiger charge is 2.31. The number of alkyl halides is 3. The molecule has 0 radical (unpaired) electrons. The van der Waals surface area contributed by atoms with Crippen LogP contribution in [0, 0.1) is 10.1 Å². The van der Waals surface area contributed by atoms with E-state index in [1.54, 1.807) is 30.3 Å². The van der Waals surface area contributed by atoms with Crippen LogP contribution in [0.1, 0.15) is 5.56 Å². The second-order valence-corrected chi connectivity index (χ2v) is 8.96. The average molecular weight is 575 g/mol. The molecule has 11 nitrogen and oxygen atoms in total. The molecule has 0 unspecified atom stereocenters. The lowest BCUT2D eigenvalue weighted by Crippen LogP contribution is -2.48. The lowest BCUT2D eigenvalue weighted by atomic mass is 10.1. The van der Waals surface area contributed by atoms with Crippen LogP contribution in [0.4, 0.5) is 35.0 Å². The highest BCUT2D eigenvalue weighted by atomic mass is 19.4. The number of nitro groups is 1. The number of carbonyl (C=O) groups excluding carboxylic acids is 1. The van der Waals surface area contributed by atoms with E-state index in [1.807, 2.05) is 4.90 Å². The zero-order valence-corrected chi connectivity index (χ0v) is 21.5. The van der Waals surface area contributed by atoms with E-state index < -0.39 is 35.6 Å². The Morgan fingerprint density at radius 1 is 0.951 bits per heavy atom. The number of hydrogen-bond donors (Lipinski definition) is 1. The predicted octanol–water partition coefficient (Wildman–Crippen LogP) is 4.91. The number of hydrogen-bond acceptors (Lipinski definition) is 7. The molecule has 0 spiro atoms. The van der Waals surface area contributed by atoms with Crippen molar-refractivity contribution >= 4 is 29.1 Å². The summed E-state index contributed by atoms with van der Waals surface area (Å²) < 4.78 is 47.3. The largest absolute Gasteiger partial charge is 0.573 e. The molecule has 1 N–H and O–H groups in total. The van der Waals surface area contributed by atoms with Crippen LogP contribution in [0.5, 0.6) is 11.5 Å². The van der Waals surface area contributed by atoms with E-state index >= 15 is 0 Å². The van der Waals surface area contributed by atoms with Crippen molar-refractivity contribution in [1.82, 2.24) is 4.90 Å². The number of nitro benzene ring substituents is 1. The molecule has 0 aliphatic carbocycles. The summed E-state index contributed by atoms with van der Waals surface area (Å²) in [5.41, 5.74) is 0.488. The van der Waals surface area contributed by atoms with E-state index in [0.717, 1.165) is 17.0 Å². The first-order valence-corrected chi connectivity index (χ1v) is 12.3. The molecule has 1 heterocycles. The normalized spacial score (nSPS) is 13.4. The minimum Gasteiger partial charge on any atom is -0.484 e. The average Bonchev–Trinajstić information content (AvgIpc) is 2.95. The first kappa shape index (κ1) is 29.0. The van der Waals surface area contributed by atoms with Crippen molar-refractivity contribution in [2.75, 3.05) is 42.6 Å². The molecule has 41 heavy (non-hydrogen) atoms. The summed E-state index contributed by atoms with van der Waals surface area (Å²) in [5.74, 6) is -0.700. The Morgan fingerprint density at radius 3 is 2.20 bits per heavy atom. The third-order valence-electron chi connectivity index (χ3n) is 6.27. The molecule has 0 aromatic heterocycles. The Balaban J connectivity index is 1.65. The molecule has 3 aromatic carbocycles. The van der Waals surface area contributed by atoms with Gasteiger partial charge in [0.25, 0.3) is 11.6 Å². The number of carboxylic acid groups (broad SMARTS) is 1. The number of piperazine rings is 1. The zero-order valence-electron chi connectivity index (χ0n) is 21.5. The van der Waals surface area contributed by atoms with E-state index in [0.29, 0.717) is 30.1 Å². The molecule has 3 aromatic rings. The maximum atomic E-state index is 13.5. The molecule has 14 heteroatoms. The maximum absolute atomic E-state index is 13.5. The SMILES string of the molecule is O=C(O)N1CCN(c2ccc([N+](=O)[O-])c(N(Cc3ccc(OC(F)(F)F)cc3)C(=O)COc3ccccc3)c2)CC1. The van der Waals surface area contributed by atoms with Gasteiger partial charge in [0.2, 0.25) is 0 Å². The number of carbonyl (C=O) groups is 2. The van der Waals surface area contributed by atoms with Gasteiger partial charge in [0.15, 0.2) is 6.61 Å². The van der Waals surface area contributed by atoms with Crippen molar-refractivity contribution in [3.05, 3.63) is 88.5 Å². The van der Waals surface area contributed by atoms with Crippen LogP contribution >= 0.6 is 0 Å². The fourth-order valence-electron chi connectivity index (χ4n) is 4.26. The van der Waals surface area contributed by atoms with Crippen LogP contribution < -0.4 is 19.3 Å². The van der Waals surface area contributed by atoms with Gasteiger partial charge in [0.05, 0.1) is 11.5 Å². The molecule has 0 atom stereocenters. The minimum atomic E-state index is -4.88. The summed E-state index contributed by atoms with van der Waals surface area (Å²) in [4.78, 5) is 40.3. The van der Waals surface area contributed by atoms with Gasteiger partial charge >= 0.3 is 12.5 Å². The Kier molecular flexibility index (Phi) is 8.80. The van der Waals surface area contributed by atoms with Crippen molar-refractivity contribution in [2.45, 2.75) is 12.9 Å². The van der Waals surface area contributed by atoms with E-state index in [4.69, 9.17) is 4.74 Å². The molecule has 1 aliphatic heterocycles. The molecule has 4 rings (SSSR count). The predicted molar refractivity (Wildman–Crippen MR) is 141 cm³/mol. The van der Waals surface area contributed by atoms with Gasteiger partial charge in [0.1, 0.15) is 17.2 Å². The summed E-state index contributed by atoms with van der Waals surface area (Å²) in [6.45, 7) is 0.409. The Hall–Kier alpha value is -5.01. The van der Waals surface area contributed by atoms with E-state index in [9.17, 15) is 38.0 Å². The van der Waals surface area contributed by atoms with Gasteiger partial charge in [-0.25, -0.2) is 4.79 Å². The third kappa shape index (κ3) is 7.77. The Morgan fingerprint density at radius 2 is 1.61 bits per heavy atom. The second-order valence-electron chi connectivity index (χ2n) is 8.96. The number of benzene rings is 3. The number of anilines is 2. The molecule has 0 saturated carbocycles. The van der Waals surface area contributed by atoms with Gasteiger partial charge in [0, 0.05) is 37.9 Å². The van der Waals surface area contributed by atoms with Crippen LogP contribution in [-0.4, -0.2) is 66.1 Å².